The third-order valence-electron chi connectivity index (χ3n) is 4.11. The summed E-state index contributed by atoms with van der Waals surface area (Å²) >= 11 is 0. The van der Waals surface area contributed by atoms with Crippen LogP contribution in [0, 0.1) is 0 Å². The normalized spacial score (nSPS) is 11.0. The zero-order chi connectivity index (χ0) is 21.0. The SMILES string of the molecule is ON=C(c1ccccc1)c1ccccn1.ON=C(c1ccccc1)c1ccccn1.[Mn]. The summed E-state index contributed by atoms with van der Waals surface area (Å²) in [5.41, 5.74) is 3.97. The summed E-state index contributed by atoms with van der Waals surface area (Å²) in [5.74, 6) is 0. The molecule has 4 aromatic rings. The fraction of sp³-hybridized carbons (Fsp3) is 0. The van der Waals surface area contributed by atoms with Gasteiger partial charge in [0.05, 0.1) is 11.4 Å². The summed E-state index contributed by atoms with van der Waals surface area (Å²) in [4.78, 5) is 8.27. The van der Waals surface area contributed by atoms with E-state index in [1.165, 1.54) is 0 Å². The van der Waals surface area contributed by atoms with Crippen LogP contribution in [0.3, 0.4) is 0 Å². The molecule has 2 heterocycles. The van der Waals surface area contributed by atoms with Crippen molar-refractivity contribution >= 4 is 11.4 Å². The maximum Gasteiger partial charge on any atom is 0.135 e. The van der Waals surface area contributed by atoms with E-state index in [4.69, 9.17) is 10.4 Å². The number of hydrogen-bond donors (Lipinski definition) is 2. The monoisotopic (exact) mass is 451 g/mol. The molecule has 6 nitrogen and oxygen atoms in total. The van der Waals surface area contributed by atoms with Crippen LogP contribution in [0.4, 0.5) is 0 Å². The molecular weight excluding hydrogens is 431 g/mol. The van der Waals surface area contributed by atoms with Gasteiger partial charge >= 0.3 is 0 Å². The molecule has 0 bridgehead atoms. The molecular formula is C24H20MnN4O2. The van der Waals surface area contributed by atoms with E-state index in [-0.39, 0.29) is 17.1 Å². The molecule has 0 unspecified atom stereocenters. The van der Waals surface area contributed by atoms with E-state index >= 15 is 0 Å². The molecule has 0 aliphatic carbocycles. The maximum atomic E-state index is 8.98. The Morgan fingerprint density at radius 3 is 1.16 bits per heavy atom. The van der Waals surface area contributed by atoms with Gasteiger partial charge in [0.15, 0.2) is 0 Å². The smallest absolute Gasteiger partial charge is 0.135 e. The van der Waals surface area contributed by atoms with Crippen molar-refractivity contribution in [2.24, 2.45) is 10.3 Å². The number of pyridine rings is 2. The molecule has 0 saturated carbocycles. The Balaban J connectivity index is 0.000000213. The second kappa shape index (κ2) is 12.7. The quantitative estimate of drug-likeness (QED) is 0.205. The van der Waals surface area contributed by atoms with Crippen molar-refractivity contribution in [3.63, 3.8) is 0 Å². The first kappa shape index (κ1) is 23.5. The molecule has 2 N–H and O–H groups in total. The molecule has 1 radical (unpaired) electrons. The molecule has 0 aliphatic rings. The number of oxime groups is 2. The average molecular weight is 451 g/mol. The third-order valence-corrected chi connectivity index (χ3v) is 4.11. The second-order valence-corrected chi connectivity index (χ2v) is 6.06. The van der Waals surface area contributed by atoms with Gasteiger partial charge < -0.3 is 10.4 Å². The number of aromatic nitrogens is 2. The van der Waals surface area contributed by atoms with Crippen molar-refractivity contribution in [2.75, 3.05) is 0 Å². The van der Waals surface area contributed by atoms with Gasteiger partial charge in [-0.15, -0.1) is 0 Å². The average Bonchev–Trinajstić information content (AvgIpc) is 2.83. The zero-order valence-electron chi connectivity index (χ0n) is 16.5. The predicted molar refractivity (Wildman–Crippen MR) is 116 cm³/mol. The van der Waals surface area contributed by atoms with E-state index < -0.39 is 0 Å². The molecule has 0 atom stereocenters. The van der Waals surface area contributed by atoms with E-state index in [0.29, 0.717) is 22.8 Å². The molecule has 4 rings (SSSR count). The molecule has 0 amide bonds. The van der Waals surface area contributed by atoms with E-state index in [1.807, 2.05) is 97.1 Å². The minimum absolute atomic E-state index is 0. The minimum atomic E-state index is 0. The van der Waals surface area contributed by atoms with Crippen molar-refractivity contribution in [1.29, 1.82) is 0 Å². The van der Waals surface area contributed by atoms with Crippen LogP contribution in [0.5, 0.6) is 0 Å². The van der Waals surface area contributed by atoms with E-state index in [0.717, 1.165) is 11.1 Å². The first-order valence-electron chi connectivity index (χ1n) is 9.21. The van der Waals surface area contributed by atoms with Gasteiger partial charge in [-0.1, -0.05) is 83.1 Å². The Morgan fingerprint density at radius 1 is 0.516 bits per heavy atom. The first-order chi connectivity index (χ1) is 14.8. The topological polar surface area (TPSA) is 91.0 Å². The van der Waals surface area contributed by atoms with Gasteiger partial charge in [-0.3, -0.25) is 9.97 Å². The largest absolute Gasteiger partial charge is 0.410 e. The fourth-order valence-electron chi connectivity index (χ4n) is 2.71. The first-order valence-corrected chi connectivity index (χ1v) is 9.21. The van der Waals surface area contributed by atoms with Gasteiger partial charge in [-0.2, -0.15) is 0 Å². The molecule has 31 heavy (non-hydrogen) atoms. The molecule has 2 aromatic carbocycles. The maximum absolute atomic E-state index is 8.98. The Hall–Kier alpha value is -3.80. The van der Waals surface area contributed by atoms with Crippen molar-refractivity contribution in [3.05, 3.63) is 132 Å². The molecule has 0 aliphatic heterocycles. The summed E-state index contributed by atoms with van der Waals surface area (Å²) in [6, 6.07) is 29.9. The van der Waals surface area contributed by atoms with Crippen LogP contribution in [0.25, 0.3) is 0 Å². The number of hydrogen-bond acceptors (Lipinski definition) is 6. The Kier molecular flexibility index (Phi) is 9.62. The van der Waals surface area contributed by atoms with Gasteiger partial charge in [0, 0.05) is 40.6 Å². The Morgan fingerprint density at radius 2 is 0.871 bits per heavy atom. The molecule has 0 spiro atoms. The van der Waals surface area contributed by atoms with Crippen molar-refractivity contribution in [2.45, 2.75) is 0 Å². The van der Waals surface area contributed by atoms with Gasteiger partial charge in [0.1, 0.15) is 11.4 Å². The standard InChI is InChI=1S/2C12H10N2O.Mn/c2*15-14-12(10-6-2-1-3-7-10)11-8-4-5-9-13-11;/h2*1-9,15H;. The molecule has 0 saturated heterocycles. The summed E-state index contributed by atoms with van der Waals surface area (Å²) in [6.45, 7) is 0. The summed E-state index contributed by atoms with van der Waals surface area (Å²) in [6.07, 6.45) is 3.34. The molecule has 7 heteroatoms. The number of rotatable bonds is 4. The predicted octanol–water partition coefficient (Wildman–Crippen LogP) is 4.61. The van der Waals surface area contributed by atoms with E-state index in [1.54, 1.807) is 12.4 Å². The van der Waals surface area contributed by atoms with Crippen molar-refractivity contribution < 1.29 is 27.5 Å². The van der Waals surface area contributed by atoms with Gasteiger partial charge in [0.2, 0.25) is 0 Å². The number of nitrogens with zero attached hydrogens (tertiary/aromatic N) is 4. The van der Waals surface area contributed by atoms with Crippen LogP contribution in [0.15, 0.2) is 120 Å². The van der Waals surface area contributed by atoms with Crippen LogP contribution >= 0.6 is 0 Å². The van der Waals surface area contributed by atoms with Crippen LogP contribution in [0.2, 0.25) is 0 Å². The second-order valence-electron chi connectivity index (χ2n) is 6.06. The third kappa shape index (κ3) is 6.60. The van der Waals surface area contributed by atoms with E-state index in [9.17, 15) is 0 Å². The van der Waals surface area contributed by atoms with E-state index in [2.05, 4.69) is 20.3 Å². The fourth-order valence-corrected chi connectivity index (χ4v) is 2.71. The summed E-state index contributed by atoms with van der Waals surface area (Å²) in [7, 11) is 0. The number of benzene rings is 2. The molecule has 155 valence electrons. The minimum Gasteiger partial charge on any atom is -0.410 e. The van der Waals surface area contributed by atoms with Crippen LogP contribution in [-0.2, 0) is 17.1 Å². The van der Waals surface area contributed by atoms with Crippen LogP contribution < -0.4 is 0 Å². The van der Waals surface area contributed by atoms with Crippen molar-refractivity contribution in [1.82, 2.24) is 9.97 Å². The zero-order valence-corrected chi connectivity index (χ0v) is 17.6. The van der Waals surface area contributed by atoms with Gasteiger partial charge in [-0.05, 0) is 24.3 Å². The molecule has 2 aromatic heterocycles. The van der Waals surface area contributed by atoms with Crippen LogP contribution in [0.1, 0.15) is 22.5 Å². The Labute approximate surface area is 191 Å². The van der Waals surface area contributed by atoms with Crippen molar-refractivity contribution in [3.8, 4) is 0 Å². The Bertz CT molecular complexity index is 917. The van der Waals surface area contributed by atoms with Crippen LogP contribution in [-0.4, -0.2) is 31.8 Å². The summed E-state index contributed by atoms with van der Waals surface area (Å²) in [5, 5.41) is 24.5. The molecule has 0 fully saturated rings. The van der Waals surface area contributed by atoms with Gasteiger partial charge in [0.25, 0.3) is 0 Å². The summed E-state index contributed by atoms with van der Waals surface area (Å²) < 4.78 is 0. The van der Waals surface area contributed by atoms with Gasteiger partial charge in [-0.25, -0.2) is 0 Å².